The van der Waals surface area contributed by atoms with E-state index < -0.39 is 0 Å². The van der Waals surface area contributed by atoms with Crippen LogP contribution in [-0.2, 0) is 0 Å². The molecule has 2 aromatic heterocycles. The van der Waals surface area contributed by atoms with Crippen molar-refractivity contribution >= 4 is 17.2 Å². The molecule has 0 saturated carbocycles. The number of fused-ring (bicyclic) bond motifs is 1. The fourth-order valence-corrected chi connectivity index (χ4v) is 3.87. The number of carbonyl (C=O) groups is 1. The highest BCUT2D eigenvalue weighted by molar-refractivity contribution is 7.17. The molecule has 1 aliphatic heterocycles. The molecule has 0 fully saturated rings. The minimum absolute atomic E-state index is 0.0442. The van der Waals surface area contributed by atoms with Crippen LogP contribution in [0.25, 0.3) is 10.7 Å². The van der Waals surface area contributed by atoms with Crippen LogP contribution in [0.5, 0.6) is 5.75 Å². The summed E-state index contributed by atoms with van der Waals surface area (Å²) in [4.78, 5) is 22.2. The van der Waals surface area contributed by atoms with Crippen LogP contribution in [0.3, 0.4) is 0 Å². The molecule has 126 valence electrons. The van der Waals surface area contributed by atoms with Crippen molar-refractivity contribution in [3.63, 3.8) is 0 Å². The standard InChI is InChI=1S/C19H17N3O2S/c1-12-17(25-19(21-12)15-7-4-5-10-20-15)18(23)22-14-9-11-24-16-8-3-2-6-13(14)16/h2-8,10,14H,9,11H2,1H3,(H,22,23). The van der Waals surface area contributed by atoms with Crippen LogP contribution in [-0.4, -0.2) is 22.5 Å². The number of aryl methyl sites for hydroxylation is 1. The van der Waals surface area contributed by atoms with Gasteiger partial charge in [-0.25, -0.2) is 4.98 Å². The van der Waals surface area contributed by atoms with Crippen molar-refractivity contribution in [2.24, 2.45) is 0 Å². The fraction of sp³-hybridized carbons (Fsp3) is 0.211. The third-order valence-electron chi connectivity index (χ3n) is 4.15. The lowest BCUT2D eigenvalue weighted by Gasteiger charge is -2.26. The average molecular weight is 351 g/mol. The zero-order valence-electron chi connectivity index (χ0n) is 13.7. The SMILES string of the molecule is Cc1nc(-c2ccccn2)sc1C(=O)NC1CCOc2ccccc21. The quantitative estimate of drug-likeness (QED) is 0.780. The lowest BCUT2D eigenvalue weighted by molar-refractivity contribution is 0.0928. The zero-order chi connectivity index (χ0) is 17.2. The summed E-state index contributed by atoms with van der Waals surface area (Å²) in [7, 11) is 0. The summed E-state index contributed by atoms with van der Waals surface area (Å²) in [6.45, 7) is 2.46. The Morgan fingerprint density at radius 2 is 2.08 bits per heavy atom. The zero-order valence-corrected chi connectivity index (χ0v) is 14.5. The molecule has 0 saturated heterocycles. The Morgan fingerprint density at radius 3 is 2.92 bits per heavy atom. The van der Waals surface area contributed by atoms with Gasteiger partial charge in [-0.15, -0.1) is 11.3 Å². The van der Waals surface area contributed by atoms with Gasteiger partial charge in [0.1, 0.15) is 15.6 Å². The number of ether oxygens (including phenoxy) is 1. The minimum Gasteiger partial charge on any atom is -0.493 e. The van der Waals surface area contributed by atoms with Gasteiger partial charge in [-0.1, -0.05) is 24.3 Å². The number of rotatable bonds is 3. The number of aromatic nitrogens is 2. The largest absolute Gasteiger partial charge is 0.493 e. The first-order chi connectivity index (χ1) is 12.2. The maximum atomic E-state index is 12.8. The molecule has 0 radical (unpaired) electrons. The smallest absolute Gasteiger partial charge is 0.263 e. The summed E-state index contributed by atoms with van der Waals surface area (Å²) in [5.74, 6) is 0.744. The summed E-state index contributed by atoms with van der Waals surface area (Å²) in [6.07, 6.45) is 2.48. The van der Waals surface area contributed by atoms with Crippen LogP contribution in [0.15, 0.2) is 48.7 Å². The molecule has 3 aromatic rings. The number of para-hydroxylation sites is 1. The predicted molar refractivity (Wildman–Crippen MR) is 96.8 cm³/mol. The Labute approximate surface area is 149 Å². The highest BCUT2D eigenvalue weighted by atomic mass is 32.1. The molecule has 25 heavy (non-hydrogen) atoms. The molecule has 0 spiro atoms. The first-order valence-corrected chi connectivity index (χ1v) is 8.95. The van der Waals surface area contributed by atoms with E-state index in [4.69, 9.17) is 4.74 Å². The number of nitrogens with zero attached hydrogens (tertiary/aromatic N) is 2. The van der Waals surface area contributed by atoms with E-state index >= 15 is 0 Å². The van der Waals surface area contributed by atoms with E-state index in [1.807, 2.05) is 49.4 Å². The number of hydrogen-bond acceptors (Lipinski definition) is 5. The molecule has 0 bridgehead atoms. The van der Waals surface area contributed by atoms with E-state index in [-0.39, 0.29) is 11.9 Å². The summed E-state index contributed by atoms with van der Waals surface area (Å²) in [5.41, 5.74) is 2.53. The molecule has 3 heterocycles. The number of hydrogen-bond donors (Lipinski definition) is 1. The summed E-state index contributed by atoms with van der Waals surface area (Å²) in [5, 5.41) is 3.89. The van der Waals surface area contributed by atoms with E-state index in [1.54, 1.807) is 6.20 Å². The van der Waals surface area contributed by atoms with Crippen LogP contribution in [0, 0.1) is 6.92 Å². The van der Waals surface area contributed by atoms with E-state index in [0.717, 1.165) is 34.1 Å². The highest BCUT2D eigenvalue weighted by Gasteiger charge is 2.25. The lowest BCUT2D eigenvalue weighted by atomic mass is 10.0. The number of pyridine rings is 1. The maximum Gasteiger partial charge on any atom is 0.263 e. The van der Waals surface area contributed by atoms with E-state index in [2.05, 4.69) is 15.3 Å². The maximum absolute atomic E-state index is 12.8. The van der Waals surface area contributed by atoms with Gasteiger partial charge in [0.05, 0.1) is 24.0 Å². The second kappa shape index (κ2) is 6.64. The topological polar surface area (TPSA) is 64.1 Å². The van der Waals surface area contributed by atoms with Crippen LogP contribution in [0.1, 0.15) is 33.4 Å². The summed E-state index contributed by atoms with van der Waals surface area (Å²) < 4.78 is 5.66. The average Bonchev–Trinajstić information content (AvgIpc) is 3.05. The molecular weight excluding hydrogens is 334 g/mol. The molecule has 4 rings (SSSR count). The van der Waals surface area contributed by atoms with Crippen molar-refractivity contribution in [2.75, 3.05) is 6.61 Å². The predicted octanol–water partition coefficient (Wildman–Crippen LogP) is 3.77. The minimum atomic E-state index is -0.0983. The Kier molecular flexibility index (Phi) is 4.19. The Hall–Kier alpha value is -2.73. The molecule has 1 aliphatic rings. The van der Waals surface area contributed by atoms with Gasteiger partial charge < -0.3 is 10.1 Å². The fourth-order valence-electron chi connectivity index (χ4n) is 2.92. The second-order valence-corrected chi connectivity index (χ2v) is 6.85. The highest BCUT2D eigenvalue weighted by Crippen LogP contribution is 2.32. The third kappa shape index (κ3) is 3.13. The molecule has 1 N–H and O–H groups in total. The van der Waals surface area contributed by atoms with Crippen molar-refractivity contribution in [3.8, 4) is 16.5 Å². The molecule has 1 unspecified atom stereocenters. The third-order valence-corrected chi connectivity index (χ3v) is 5.33. The molecule has 1 atom stereocenters. The van der Waals surface area contributed by atoms with Gasteiger partial charge in [-0.3, -0.25) is 9.78 Å². The molecule has 6 heteroatoms. The molecular formula is C19H17N3O2S. The van der Waals surface area contributed by atoms with Gasteiger partial charge in [-0.2, -0.15) is 0 Å². The number of thiazole rings is 1. The van der Waals surface area contributed by atoms with Crippen LogP contribution in [0.4, 0.5) is 0 Å². The van der Waals surface area contributed by atoms with Crippen molar-refractivity contribution in [2.45, 2.75) is 19.4 Å². The van der Waals surface area contributed by atoms with Crippen molar-refractivity contribution in [1.29, 1.82) is 0 Å². The monoisotopic (exact) mass is 351 g/mol. The second-order valence-electron chi connectivity index (χ2n) is 5.85. The van der Waals surface area contributed by atoms with Gasteiger partial charge in [0, 0.05) is 18.2 Å². The van der Waals surface area contributed by atoms with E-state index in [1.165, 1.54) is 11.3 Å². The van der Waals surface area contributed by atoms with Crippen molar-refractivity contribution in [3.05, 3.63) is 64.8 Å². The van der Waals surface area contributed by atoms with Gasteiger partial charge in [0.25, 0.3) is 5.91 Å². The van der Waals surface area contributed by atoms with Gasteiger partial charge in [-0.05, 0) is 25.1 Å². The number of benzene rings is 1. The van der Waals surface area contributed by atoms with E-state index in [0.29, 0.717) is 11.5 Å². The Bertz CT molecular complexity index is 908. The van der Waals surface area contributed by atoms with Crippen LogP contribution in [0.2, 0.25) is 0 Å². The molecule has 0 aliphatic carbocycles. The molecule has 5 nitrogen and oxygen atoms in total. The van der Waals surface area contributed by atoms with Gasteiger partial charge in [0.15, 0.2) is 0 Å². The van der Waals surface area contributed by atoms with Crippen LogP contribution >= 0.6 is 11.3 Å². The first-order valence-electron chi connectivity index (χ1n) is 8.14. The summed E-state index contributed by atoms with van der Waals surface area (Å²) >= 11 is 1.37. The Morgan fingerprint density at radius 1 is 1.24 bits per heavy atom. The van der Waals surface area contributed by atoms with Crippen LogP contribution < -0.4 is 10.1 Å². The Balaban J connectivity index is 1.58. The number of nitrogens with one attached hydrogen (secondary N) is 1. The van der Waals surface area contributed by atoms with Crippen molar-refractivity contribution < 1.29 is 9.53 Å². The lowest BCUT2D eigenvalue weighted by Crippen LogP contribution is -2.32. The summed E-state index contributed by atoms with van der Waals surface area (Å²) in [6, 6.07) is 13.5. The molecule has 1 aromatic carbocycles. The molecule has 1 amide bonds. The number of carbonyl (C=O) groups excluding carboxylic acids is 1. The van der Waals surface area contributed by atoms with Gasteiger partial charge in [0.2, 0.25) is 0 Å². The number of amides is 1. The first kappa shape index (κ1) is 15.8. The van der Waals surface area contributed by atoms with E-state index in [9.17, 15) is 4.79 Å². The normalized spacial score (nSPS) is 16.0. The van der Waals surface area contributed by atoms with Gasteiger partial charge >= 0.3 is 0 Å². The van der Waals surface area contributed by atoms with Crippen molar-refractivity contribution in [1.82, 2.24) is 15.3 Å².